The van der Waals surface area contributed by atoms with E-state index in [-0.39, 0.29) is 0 Å². The number of halogens is 1. The summed E-state index contributed by atoms with van der Waals surface area (Å²) in [4.78, 5) is 0. The molecule has 0 saturated carbocycles. The van der Waals surface area contributed by atoms with Gasteiger partial charge in [-0.2, -0.15) is 0 Å². The number of thiophene rings is 1. The zero-order chi connectivity index (χ0) is 6.69. The van der Waals surface area contributed by atoms with Crippen LogP contribution in [-0.2, 0) is 11.3 Å². The lowest BCUT2D eigenvalue weighted by molar-refractivity contribution is 0.185. The lowest BCUT2D eigenvalue weighted by atomic mass is 10.4. The highest BCUT2D eigenvalue weighted by molar-refractivity contribution is 9.11. The van der Waals surface area contributed by atoms with Gasteiger partial charge in [-0.3, -0.25) is 0 Å². The summed E-state index contributed by atoms with van der Waals surface area (Å²) in [5.74, 6) is 0. The zero-order valence-corrected chi connectivity index (χ0v) is 7.46. The molecule has 0 saturated heterocycles. The SMILES string of the molecule is COCc1ccsc1Br. The van der Waals surface area contributed by atoms with Gasteiger partial charge in [0.15, 0.2) is 0 Å². The number of methoxy groups -OCH3 is 1. The Kier molecular flexibility index (Phi) is 2.69. The Labute approximate surface area is 66.8 Å². The van der Waals surface area contributed by atoms with Gasteiger partial charge in [0.25, 0.3) is 0 Å². The second-order valence-corrected chi connectivity index (χ2v) is 3.89. The first-order chi connectivity index (χ1) is 4.34. The summed E-state index contributed by atoms with van der Waals surface area (Å²) in [7, 11) is 1.70. The number of rotatable bonds is 2. The molecule has 50 valence electrons. The van der Waals surface area contributed by atoms with Crippen molar-refractivity contribution in [1.82, 2.24) is 0 Å². The molecular formula is C6H7BrOS. The molecule has 9 heavy (non-hydrogen) atoms. The third-order valence-corrected chi connectivity index (χ3v) is 2.80. The average Bonchev–Trinajstić information content (AvgIpc) is 2.18. The van der Waals surface area contributed by atoms with Gasteiger partial charge in [-0.25, -0.2) is 0 Å². The topological polar surface area (TPSA) is 9.23 Å². The fourth-order valence-electron chi connectivity index (χ4n) is 0.577. The Hall–Kier alpha value is 0.140. The molecule has 0 fully saturated rings. The van der Waals surface area contributed by atoms with E-state index in [9.17, 15) is 0 Å². The molecule has 1 aromatic rings. The molecule has 1 heterocycles. The van der Waals surface area contributed by atoms with E-state index < -0.39 is 0 Å². The van der Waals surface area contributed by atoms with E-state index in [4.69, 9.17) is 4.74 Å². The molecule has 0 aliphatic heterocycles. The van der Waals surface area contributed by atoms with Gasteiger partial charge in [0.05, 0.1) is 10.4 Å². The first kappa shape index (κ1) is 7.25. The van der Waals surface area contributed by atoms with Crippen LogP contribution in [0.4, 0.5) is 0 Å². The molecule has 0 radical (unpaired) electrons. The van der Waals surface area contributed by atoms with E-state index in [0.29, 0.717) is 6.61 Å². The fourth-order valence-corrected chi connectivity index (χ4v) is 1.78. The third kappa shape index (κ3) is 1.78. The van der Waals surface area contributed by atoms with E-state index in [1.807, 2.05) is 5.38 Å². The summed E-state index contributed by atoms with van der Waals surface area (Å²) >= 11 is 5.09. The van der Waals surface area contributed by atoms with Gasteiger partial charge < -0.3 is 4.74 Å². The van der Waals surface area contributed by atoms with Gasteiger partial charge in [-0.15, -0.1) is 11.3 Å². The summed E-state index contributed by atoms with van der Waals surface area (Å²) < 4.78 is 6.11. The monoisotopic (exact) mass is 206 g/mol. The quantitative estimate of drug-likeness (QED) is 0.724. The van der Waals surface area contributed by atoms with Gasteiger partial charge in [-0.1, -0.05) is 0 Å². The third-order valence-electron chi connectivity index (χ3n) is 0.993. The van der Waals surface area contributed by atoms with Gasteiger partial charge in [0.1, 0.15) is 0 Å². The van der Waals surface area contributed by atoms with Crippen molar-refractivity contribution in [3.05, 3.63) is 20.8 Å². The Morgan fingerprint density at radius 2 is 2.56 bits per heavy atom. The number of hydrogen-bond donors (Lipinski definition) is 0. The Balaban J connectivity index is 2.69. The fraction of sp³-hybridized carbons (Fsp3) is 0.333. The minimum atomic E-state index is 0.698. The molecule has 3 heteroatoms. The van der Waals surface area contributed by atoms with Crippen molar-refractivity contribution in [2.24, 2.45) is 0 Å². The van der Waals surface area contributed by atoms with Gasteiger partial charge in [0, 0.05) is 12.7 Å². The van der Waals surface area contributed by atoms with E-state index in [2.05, 4.69) is 22.0 Å². The van der Waals surface area contributed by atoms with Crippen LogP contribution in [0.3, 0.4) is 0 Å². The van der Waals surface area contributed by atoms with Gasteiger partial charge >= 0.3 is 0 Å². The van der Waals surface area contributed by atoms with Crippen LogP contribution in [0.25, 0.3) is 0 Å². The summed E-state index contributed by atoms with van der Waals surface area (Å²) in [5.41, 5.74) is 1.22. The first-order valence-corrected chi connectivity index (χ1v) is 4.22. The maximum atomic E-state index is 4.94. The minimum Gasteiger partial charge on any atom is -0.380 e. The van der Waals surface area contributed by atoms with Crippen molar-refractivity contribution >= 4 is 27.3 Å². The van der Waals surface area contributed by atoms with Gasteiger partial charge in [0.2, 0.25) is 0 Å². The molecule has 0 aliphatic carbocycles. The highest BCUT2D eigenvalue weighted by Crippen LogP contribution is 2.23. The molecule has 0 amide bonds. The van der Waals surface area contributed by atoms with Gasteiger partial charge in [-0.05, 0) is 27.4 Å². The van der Waals surface area contributed by atoms with Crippen molar-refractivity contribution in [1.29, 1.82) is 0 Å². The van der Waals surface area contributed by atoms with E-state index >= 15 is 0 Å². The summed E-state index contributed by atoms with van der Waals surface area (Å²) in [6.45, 7) is 0.698. The predicted molar refractivity (Wildman–Crippen MR) is 42.7 cm³/mol. The van der Waals surface area contributed by atoms with Crippen molar-refractivity contribution in [2.75, 3.05) is 7.11 Å². The molecule has 1 rings (SSSR count). The van der Waals surface area contributed by atoms with Crippen LogP contribution in [0.15, 0.2) is 15.2 Å². The molecule has 1 nitrogen and oxygen atoms in total. The predicted octanol–water partition coefficient (Wildman–Crippen LogP) is 2.66. The van der Waals surface area contributed by atoms with Crippen LogP contribution < -0.4 is 0 Å². The van der Waals surface area contributed by atoms with E-state index in [1.54, 1.807) is 18.4 Å². The molecule has 0 unspecified atom stereocenters. The summed E-state index contributed by atoms with van der Waals surface area (Å²) in [5, 5.41) is 2.04. The molecule has 1 aromatic heterocycles. The smallest absolute Gasteiger partial charge is 0.0753 e. The van der Waals surface area contributed by atoms with Crippen LogP contribution in [-0.4, -0.2) is 7.11 Å². The Bertz CT molecular complexity index is 185. The standard InChI is InChI=1S/C6H7BrOS/c1-8-4-5-2-3-9-6(5)7/h2-3H,4H2,1H3. The lowest BCUT2D eigenvalue weighted by Crippen LogP contribution is -1.82. The zero-order valence-electron chi connectivity index (χ0n) is 5.06. The second-order valence-electron chi connectivity index (χ2n) is 1.65. The minimum absolute atomic E-state index is 0.698. The van der Waals surface area contributed by atoms with Crippen molar-refractivity contribution in [3.8, 4) is 0 Å². The number of ether oxygens (including phenoxy) is 1. The van der Waals surface area contributed by atoms with Crippen molar-refractivity contribution in [3.63, 3.8) is 0 Å². The molecule has 0 N–H and O–H groups in total. The van der Waals surface area contributed by atoms with Crippen LogP contribution >= 0.6 is 27.3 Å². The average molecular weight is 207 g/mol. The van der Waals surface area contributed by atoms with Crippen LogP contribution in [0, 0.1) is 0 Å². The largest absolute Gasteiger partial charge is 0.380 e. The van der Waals surface area contributed by atoms with E-state index in [0.717, 1.165) is 0 Å². The molecular weight excluding hydrogens is 200 g/mol. The highest BCUT2D eigenvalue weighted by atomic mass is 79.9. The van der Waals surface area contributed by atoms with Crippen molar-refractivity contribution < 1.29 is 4.74 Å². The van der Waals surface area contributed by atoms with E-state index in [1.165, 1.54) is 9.35 Å². The number of hydrogen-bond acceptors (Lipinski definition) is 2. The normalized spacial score (nSPS) is 10.0. The maximum absolute atomic E-state index is 4.94. The Morgan fingerprint density at radius 1 is 1.78 bits per heavy atom. The first-order valence-electron chi connectivity index (χ1n) is 2.55. The second kappa shape index (κ2) is 3.34. The van der Waals surface area contributed by atoms with Crippen LogP contribution in [0.1, 0.15) is 5.56 Å². The molecule has 0 atom stereocenters. The van der Waals surface area contributed by atoms with Crippen LogP contribution in [0.2, 0.25) is 0 Å². The lowest BCUT2D eigenvalue weighted by Gasteiger charge is -1.93. The maximum Gasteiger partial charge on any atom is 0.0753 e. The summed E-state index contributed by atoms with van der Waals surface area (Å²) in [6, 6.07) is 2.05. The molecule has 0 bridgehead atoms. The molecule has 0 spiro atoms. The van der Waals surface area contributed by atoms with Crippen molar-refractivity contribution in [2.45, 2.75) is 6.61 Å². The molecule has 0 aromatic carbocycles. The van der Waals surface area contributed by atoms with Crippen LogP contribution in [0.5, 0.6) is 0 Å². The molecule has 0 aliphatic rings. The highest BCUT2D eigenvalue weighted by Gasteiger charge is 1.97. The summed E-state index contributed by atoms with van der Waals surface area (Å²) in [6.07, 6.45) is 0. The Morgan fingerprint density at radius 3 is 3.00 bits per heavy atom.